The number of ether oxygens (including phenoxy) is 1. The fraction of sp³-hybridized carbons (Fsp3) is 0.333. The molecule has 0 spiro atoms. The van der Waals surface area contributed by atoms with Crippen LogP contribution in [0.5, 0.6) is 0 Å². The third-order valence-corrected chi connectivity index (χ3v) is 1.26. The van der Waals surface area contributed by atoms with Gasteiger partial charge < -0.3 is 9.15 Å². The molecule has 0 fully saturated rings. The van der Waals surface area contributed by atoms with E-state index in [4.69, 9.17) is 9.15 Å². The summed E-state index contributed by atoms with van der Waals surface area (Å²) in [5.41, 5.74) is 0. The standard InChI is InChI=1S/C9H12O2/c1-2-10-7-3-5-9-6-4-8-11-9/h3-4,6-8H,2,5H2,1H3/b7-3+. The van der Waals surface area contributed by atoms with Crippen LogP contribution in [0.25, 0.3) is 0 Å². The fourth-order valence-corrected chi connectivity index (χ4v) is 0.757. The lowest BCUT2D eigenvalue weighted by atomic mass is 10.3. The Bertz CT molecular complexity index is 199. The largest absolute Gasteiger partial charge is 0.502 e. The highest BCUT2D eigenvalue weighted by Crippen LogP contribution is 2.00. The van der Waals surface area contributed by atoms with E-state index in [0.29, 0.717) is 6.61 Å². The quantitative estimate of drug-likeness (QED) is 0.618. The number of rotatable bonds is 4. The van der Waals surface area contributed by atoms with E-state index in [1.54, 1.807) is 12.5 Å². The predicted octanol–water partition coefficient (Wildman–Crippen LogP) is 2.37. The first-order valence-electron chi connectivity index (χ1n) is 3.72. The van der Waals surface area contributed by atoms with Gasteiger partial charge in [0.05, 0.1) is 19.1 Å². The molecule has 0 bridgehead atoms. The first-order valence-corrected chi connectivity index (χ1v) is 3.72. The van der Waals surface area contributed by atoms with Gasteiger partial charge in [-0.1, -0.05) is 0 Å². The van der Waals surface area contributed by atoms with Crippen LogP contribution >= 0.6 is 0 Å². The van der Waals surface area contributed by atoms with Gasteiger partial charge in [-0.05, 0) is 25.1 Å². The molecule has 0 unspecified atom stereocenters. The lowest BCUT2D eigenvalue weighted by Crippen LogP contribution is -1.78. The van der Waals surface area contributed by atoms with Gasteiger partial charge in [0.15, 0.2) is 0 Å². The minimum atomic E-state index is 0.717. The van der Waals surface area contributed by atoms with Gasteiger partial charge in [0.1, 0.15) is 5.76 Å². The Morgan fingerprint density at radius 1 is 1.64 bits per heavy atom. The molecule has 0 radical (unpaired) electrons. The summed E-state index contributed by atoms with van der Waals surface area (Å²) in [5, 5.41) is 0. The zero-order valence-corrected chi connectivity index (χ0v) is 6.62. The molecule has 0 aliphatic heterocycles. The summed E-state index contributed by atoms with van der Waals surface area (Å²) in [4.78, 5) is 0. The molecule has 0 saturated heterocycles. The van der Waals surface area contributed by atoms with Crippen LogP contribution in [-0.4, -0.2) is 6.61 Å². The van der Waals surface area contributed by atoms with E-state index in [2.05, 4.69) is 0 Å². The van der Waals surface area contributed by atoms with Crippen LogP contribution in [0, 0.1) is 0 Å². The van der Waals surface area contributed by atoms with Crippen molar-refractivity contribution in [1.29, 1.82) is 0 Å². The third-order valence-electron chi connectivity index (χ3n) is 1.26. The van der Waals surface area contributed by atoms with Crippen LogP contribution < -0.4 is 0 Å². The molecule has 1 rings (SSSR count). The van der Waals surface area contributed by atoms with Crippen molar-refractivity contribution in [3.63, 3.8) is 0 Å². The van der Waals surface area contributed by atoms with Crippen LogP contribution in [0.15, 0.2) is 35.2 Å². The first-order chi connectivity index (χ1) is 5.43. The van der Waals surface area contributed by atoms with Crippen molar-refractivity contribution in [3.8, 4) is 0 Å². The molecule has 0 aromatic carbocycles. The molecule has 0 aliphatic rings. The van der Waals surface area contributed by atoms with E-state index in [9.17, 15) is 0 Å². The third kappa shape index (κ3) is 2.94. The molecule has 0 saturated carbocycles. The van der Waals surface area contributed by atoms with Crippen LogP contribution in [0.3, 0.4) is 0 Å². The van der Waals surface area contributed by atoms with Gasteiger partial charge >= 0.3 is 0 Å². The molecule has 0 aliphatic carbocycles. The molecule has 0 atom stereocenters. The van der Waals surface area contributed by atoms with E-state index in [1.807, 2.05) is 25.1 Å². The van der Waals surface area contributed by atoms with Crippen LogP contribution in [0.4, 0.5) is 0 Å². The van der Waals surface area contributed by atoms with E-state index in [1.165, 1.54) is 0 Å². The van der Waals surface area contributed by atoms with Crippen molar-refractivity contribution in [1.82, 2.24) is 0 Å². The summed E-state index contributed by atoms with van der Waals surface area (Å²) in [5.74, 6) is 0.959. The number of furan rings is 1. The molecule has 0 N–H and O–H groups in total. The minimum absolute atomic E-state index is 0.717. The van der Waals surface area contributed by atoms with Crippen molar-refractivity contribution in [2.75, 3.05) is 6.61 Å². The lowest BCUT2D eigenvalue weighted by molar-refractivity contribution is 0.268. The number of hydrogen-bond acceptors (Lipinski definition) is 2. The monoisotopic (exact) mass is 152 g/mol. The van der Waals surface area contributed by atoms with Gasteiger partial charge in [0.2, 0.25) is 0 Å². The van der Waals surface area contributed by atoms with Gasteiger partial charge in [-0.3, -0.25) is 0 Å². The van der Waals surface area contributed by atoms with Gasteiger partial charge in [0.25, 0.3) is 0 Å². The van der Waals surface area contributed by atoms with Gasteiger partial charge in [-0.15, -0.1) is 0 Å². The SMILES string of the molecule is CCO/C=C/Cc1ccco1. The molecule has 60 valence electrons. The Kier molecular flexibility index (Phi) is 3.32. The lowest BCUT2D eigenvalue weighted by Gasteiger charge is -1.91. The maximum absolute atomic E-state index is 5.11. The summed E-state index contributed by atoms with van der Waals surface area (Å²) in [6, 6.07) is 3.82. The number of allylic oxidation sites excluding steroid dienone is 1. The first kappa shape index (κ1) is 7.92. The Balaban J connectivity index is 2.23. The summed E-state index contributed by atoms with van der Waals surface area (Å²) >= 11 is 0. The Morgan fingerprint density at radius 2 is 2.55 bits per heavy atom. The van der Waals surface area contributed by atoms with Gasteiger partial charge in [-0.2, -0.15) is 0 Å². The summed E-state index contributed by atoms with van der Waals surface area (Å²) < 4.78 is 10.1. The summed E-state index contributed by atoms with van der Waals surface area (Å²) in [6.45, 7) is 2.67. The second-order valence-corrected chi connectivity index (χ2v) is 2.11. The normalized spacial score (nSPS) is 10.6. The van der Waals surface area contributed by atoms with Crippen molar-refractivity contribution in [3.05, 3.63) is 36.5 Å². The van der Waals surface area contributed by atoms with Crippen molar-refractivity contribution < 1.29 is 9.15 Å². The van der Waals surface area contributed by atoms with E-state index in [0.717, 1.165) is 12.2 Å². The topological polar surface area (TPSA) is 22.4 Å². The minimum Gasteiger partial charge on any atom is -0.502 e. The van der Waals surface area contributed by atoms with E-state index >= 15 is 0 Å². The van der Waals surface area contributed by atoms with Gasteiger partial charge in [-0.25, -0.2) is 0 Å². The van der Waals surface area contributed by atoms with E-state index in [-0.39, 0.29) is 0 Å². The zero-order valence-electron chi connectivity index (χ0n) is 6.62. The average molecular weight is 152 g/mol. The molecule has 0 amide bonds. The highest BCUT2D eigenvalue weighted by molar-refractivity contribution is 5.02. The Labute approximate surface area is 66.5 Å². The summed E-state index contributed by atoms with van der Waals surface area (Å²) in [6.07, 6.45) is 6.10. The smallest absolute Gasteiger partial charge is 0.107 e. The maximum Gasteiger partial charge on any atom is 0.107 e. The molecule has 1 aromatic heterocycles. The van der Waals surface area contributed by atoms with Crippen molar-refractivity contribution in [2.45, 2.75) is 13.3 Å². The highest BCUT2D eigenvalue weighted by atomic mass is 16.5. The van der Waals surface area contributed by atoms with Crippen LogP contribution in [0.2, 0.25) is 0 Å². The van der Waals surface area contributed by atoms with Gasteiger partial charge in [0, 0.05) is 6.42 Å². The highest BCUT2D eigenvalue weighted by Gasteiger charge is 1.88. The molecule has 2 heteroatoms. The molecular formula is C9H12O2. The molecule has 11 heavy (non-hydrogen) atoms. The zero-order chi connectivity index (χ0) is 7.94. The Morgan fingerprint density at radius 3 is 3.18 bits per heavy atom. The molecule has 1 aromatic rings. The Hall–Kier alpha value is -1.18. The fourth-order valence-electron chi connectivity index (χ4n) is 0.757. The molecule has 1 heterocycles. The molecular weight excluding hydrogens is 140 g/mol. The summed E-state index contributed by atoms with van der Waals surface area (Å²) in [7, 11) is 0. The molecule has 2 nitrogen and oxygen atoms in total. The second kappa shape index (κ2) is 4.61. The second-order valence-electron chi connectivity index (χ2n) is 2.11. The van der Waals surface area contributed by atoms with Crippen LogP contribution in [-0.2, 0) is 11.2 Å². The van der Waals surface area contributed by atoms with E-state index < -0.39 is 0 Å². The van der Waals surface area contributed by atoms with Crippen molar-refractivity contribution >= 4 is 0 Å². The van der Waals surface area contributed by atoms with Crippen molar-refractivity contribution in [2.24, 2.45) is 0 Å². The van der Waals surface area contributed by atoms with Crippen LogP contribution in [0.1, 0.15) is 12.7 Å². The predicted molar refractivity (Wildman–Crippen MR) is 43.2 cm³/mol. The number of hydrogen-bond donors (Lipinski definition) is 0. The average Bonchev–Trinajstić information content (AvgIpc) is 2.50. The maximum atomic E-state index is 5.11.